The minimum absolute atomic E-state index is 0.176. The van der Waals surface area contributed by atoms with Gasteiger partial charge in [-0.1, -0.05) is 12.1 Å². The second kappa shape index (κ2) is 4.16. The first kappa shape index (κ1) is 11.6. The fraction of sp³-hybridized carbons (Fsp3) is 0.588. The summed E-state index contributed by atoms with van der Waals surface area (Å²) in [6, 6.07) is 6.25. The first-order chi connectivity index (χ1) is 9.20. The predicted octanol–water partition coefficient (Wildman–Crippen LogP) is 4.08. The molecular weight excluding hydrogens is 239 g/mol. The van der Waals surface area contributed by atoms with Gasteiger partial charge in [-0.3, -0.25) is 4.79 Å². The summed E-state index contributed by atoms with van der Waals surface area (Å²) in [5, 5.41) is 0. The van der Waals surface area contributed by atoms with Gasteiger partial charge in [-0.05, 0) is 67.9 Å². The van der Waals surface area contributed by atoms with Crippen molar-refractivity contribution in [3.05, 3.63) is 35.6 Å². The van der Waals surface area contributed by atoms with Gasteiger partial charge in [-0.15, -0.1) is 0 Å². The van der Waals surface area contributed by atoms with E-state index >= 15 is 0 Å². The lowest BCUT2D eigenvalue weighted by Crippen LogP contribution is -2.48. The van der Waals surface area contributed by atoms with Crippen LogP contribution in [-0.2, 0) is 0 Å². The largest absolute Gasteiger partial charge is 0.294 e. The maximum absolute atomic E-state index is 13.3. The SMILES string of the molecule is O=C(c1cccc(F)c1)C1C2CC3CC(C2)CC1C3. The van der Waals surface area contributed by atoms with Crippen molar-refractivity contribution >= 4 is 5.78 Å². The molecule has 0 aromatic heterocycles. The summed E-state index contributed by atoms with van der Waals surface area (Å²) >= 11 is 0. The summed E-state index contributed by atoms with van der Waals surface area (Å²) in [5.41, 5.74) is 0.581. The number of ketones is 1. The van der Waals surface area contributed by atoms with Gasteiger partial charge >= 0.3 is 0 Å². The standard InChI is InChI=1S/C17H19FO/c18-15-3-1-2-12(9-15)17(19)16-13-5-10-4-11(7-13)8-14(16)6-10/h1-3,9-11,13-14,16H,4-8H2. The van der Waals surface area contributed by atoms with Crippen LogP contribution in [0.5, 0.6) is 0 Å². The highest BCUT2D eigenvalue weighted by molar-refractivity contribution is 5.98. The van der Waals surface area contributed by atoms with Crippen molar-refractivity contribution in [1.82, 2.24) is 0 Å². The maximum atomic E-state index is 13.3. The van der Waals surface area contributed by atoms with Crippen molar-refractivity contribution in [2.24, 2.45) is 29.6 Å². The van der Waals surface area contributed by atoms with Gasteiger partial charge in [0.1, 0.15) is 5.82 Å². The zero-order valence-electron chi connectivity index (χ0n) is 11.0. The number of benzene rings is 1. The van der Waals surface area contributed by atoms with E-state index in [1.54, 1.807) is 12.1 Å². The Balaban J connectivity index is 1.64. The number of hydrogen-bond donors (Lipinski definition) is 0. The summed E-state index contributed by atoms with van der Waals surface area (Å²) in [6.07, 6.45) is 6.34. The summed E-state index contributed by atoms with van der Waals surface area (Å²) in [6.45, 7) is 0. The van der Waals surface area contributed by atoms with Crippen molar-refractivity contribution in [1.29, 1.82) is 0 Å². The molecule has 1 nitrogen and oxygen atoms in total. The quantitative estimate of drug-likeness (QED) is 0.730. The van der Waals surface area contributed by atoms with E-state index in [2.05, 4.69) is 0 Å². The Bertz CT molecular complexity index is 494. The number of carbonyl (C=O) groups excluding carboxylic acids is 1. The third-order valence-electron chi connectivity index (χ3n) is 5.64. The van der Waals surface area contributed by atoms with Crippen molar-refractivity contribution in [3.8, 4) is 0 Å². The first-order valence-electron chi connectivity index (χ1n) is 7.50. The van der Waals surface area contributed by atoms with E-state index in [9.17, 15) is 9.18 Å². The molecule has 1 aromatic carbocycles. The molecule has 0 aliphatic heterocycles. The van der Waals surface area contributed by atoms with E-state index in [1.165, 1.54) is 44.2 Å². The highest BCUT2D eigenvalue weighted by Gasteiger charge is 2.50. The maximum Gasteiger partial charge on any atom is 0.166 e. The van der Waals surface area contributed by atoms with E-state index in [1.807, 2.05) is 0 Å². The Hall–Kier alpha value is -1.18. The molecule has 0 atom stereocenters. The summed E-state index contributed by atoms with van der Waals surface area (Å²) < 4.78 is 13.3. The summed E-state index contributed by atoms with van der Waals surface area (Å²) in [4.78, 5) is 12.7. The Labute approximate surface area is 113 Å². The molecule has 0 spiro atoms. The van der Waals surface area contributed by atoms with Crippen LogP contribution < -0.4 is 0 Å². The second-order valence-electron chi connectivity index (χ2n) is 6.83. The van der Waals surface area contributed by atoms with Gasteiger partial charge in [-0.2, -0.15) is 0 Å². The molecule has 2 heteroatoms. The van der Waals surface area contributed by atoms with Crippen LogP contribution in [0.25, 0.3) is 0 Å². The molecular formula is C17H19FO. The molecule has 0 amide bonds. The Morgan fingerprint density at radius 2 is 1.63 bits per heavy atom. The molecule has 0 unspecified atom stereocenters. The summed E-state index contributed by atoms with van der Waals surface area (Å²) in [5.74, 6) is 2.98. The molecule has 0 heterocycles. The van der Waals surface area contributed by atoms with Crippen LogP contribution >= 0.6 is 0 Å². The Morgan fingerprint density at radius 3 is 2.21 bits per heavy atom. The minimum Gasteiger partial charge on any atom is -0.294 e. The number of halogens is 1. The number of rotatable bonds is 2. The van der Waals surface area contributed by atoms with Crippen LogP contribution in [0.2, 0.25) is 0 Å². The average molecular weight is 258 g/mol. The number of Topliss-reactive ketones (excluding diaryl/α,β-unsaturated/α-hetero) is 1. The third-order valence-corrected chi connectivity index (χ3v) is 5.64. The molecule has 5 rings (SSSR count). The van der Waals surface area contributed by atoms with Crippen molar-refractivity contribution in [2.75, 3.05) is 0 Å². The molecule has 19 heavy (non-hydrogen) atoms. The van der Waals surface area contributed by atoms with E-state index in [-0.39, 0.29) is 17.5 Å². The summed E-state index contributed by atoms with van der Waals surface area (Å²) in [7, 11) is 0. The van der Waals surface area contributed by atoms with E-state index < -0.39 is 0 Å². The molecule has 4 fully saturated rings. The van der Waals surface area contributed by atoms with E-state index in [0.717, 1.165) is 11.8 Å². The van der Waals surface area contributed by atoms with E-state index in [0.29, 0.717) is 17.4 Å². The highest BCUT2D eigenvalue weighted by Crippen LogP contribution is 2.57. The zero-order chi connectivity index (χ0) is 13.0. The third kappa shape index (κ3) is 1.84. The second-order valence-corrected chi connectivity index (χ2v) is 6.83. The van der Waals surface area contributed by atoms with Crippen molar-refractivity contribution < 1.29 is 9.18 Å². The van der Waals surface area contributed by atoms with Crippen LogP contribution in [-0.4, -0.2) is 5.78 Å². The van der Waals surface area contributed by atoms with Crippen molar-refractivity contribution in [3.63, 3.8) is 0 Å². The van der Waals surface area contributed by atoms with Gasteiger partial charge < -0.3 is 0 Å². The number of carbonyl (C=O) groups is 1. The van der Waals surface area contributed by atoms with Crippen LogP contribution in [0.1, 0.15) is 42.5 Å². The van der Waals surface area contributed by atoms with Crippen LogP contribution in [0.4, 0.5) is 4.39 Å². The lowest BCUT2D eigenvalue weighted by atomic mass is 9.51. The zero-order valence-corrected chi connectivity index (χ0v) is 11.0. The minimum atomic E-state index is -0.297. The van der Waals surface area contributed by atoms with Gasteiger partial charge in [0.2, 0.25) is 0 Å². The first-order valence-corrected chi connectivity index (χ1v) is 7.50. The molecule has 1 aromatic rings. The molecule has 100 valence electrons. The van der Waals surface area contributed by atoms with Crippen LogP contribution in [0, 0.1) is 35.4 Å². The molecule has 4 aliphatic carbocycles. The van der Waals surface area contributed by atoms with Crippen LogP contribution in [0.15, 0.2) is 24.3 Å². The van der Waals surface area contributed by atoms with Crippen LogP contribution in [0.3, 0.4) is 0 Å². The topological polar surface area (TPSA) is 17.1 Å². The van der Waals surface area contributed by atoms with Crippen molar-refractivity contribution in [2.45, 2.75) is 32.1 Å². The van der Waals surface area contributed by atoms with Gasteiger partial charge in [0.15, 0.2) is 5.78 Å². The smallest absolute Gasteiger partial charge is 0.166 e. The van der Waals surface area contributed by atoms with Gasteiger partial charge in [0.05, 0.1) is 0 Å². The average Bonchev–Trinajstić information content (AvgIpc) is 2.37. The lowest BCUT2D eigenvalue weighted by Gasteiger charge is -2.53. The molecule has 0 radical (unpaired) electrons. The monoisotopic (exact) mass is 258 g/mol. The number of hydrogen-bond acceptors (Lipinski definition) is 1. The van der Waals surface area contributed by atoms with Gasteiger partial charge in [0, 0.05) is 11.5 Å². The fourth-order valence-electron chi connectivity index (χ4n) is 5.19. The van der Waals surface area contributed by atoms with Gasteiger partial charge in [0.25, 0.3) is 0 Å². The molecule has 0 N–H and O–H groups in total. The van der Waals surface area contributed by atoms with E-state index in [4.69, 9.17) is 0 Å². The normalized spacial score (nSPS) is 39.5. The fourth-order valence-corrected chi connectivity index (χ4v) is 5.19. The molecule has 0 saturated heterocycles. The Morgan fingerprint density at radius 1 is 1.00 bits per heavy atom. The predicted molar refractivity (Wildman–Crippen MR) is 71.3 cm³/mol. The van der Waals surface area contributed by atoms with Gasteiger partial charge in [-0.25, -0.2) is 4.39 Å². The Kier molecular flexibility index (Phi) is 2.54. The molecule has 4 bridgehead atoms. The molecule has 4 saturated carbocycles. The lowest BCUT2D eigenvalue weighted by molar-refractivity contribution is -0.0251. The highest BCUT2D eigenvalue weighted by atomic mass is 19.1. The molecule has 4 aliphatic rings.